The normalized spacial score (nSPS) is 12.3. The molecule has 2 rings (SSSR count). The molecule has 0 spiro atoms. The van der Waals surface area contributed by atoms with Crippen molar-refractivity contribution in [3.63, 3.8) is 0 Å². The molecule has 2 aromatic rings. The number of hydrogen-bond donors (Lipinski definition) is 2. The first-order chi connectivity index (χ1) is 9.74. The lowest BCUT2D eigenvalue weighted by Crippen LogP contribution is -2.25. The molecule has 1 heterocycles. The van der Waals surface area contributed by atoms with Crippen LogP contribution >= 0.6 is 11.6 Å². The fourth-order valence-corrected chi connectivity index (χ4v) is 2.35. The number of rotatable bonds is 7. The highest BCUT2D eigenvalue weighted by molar-refractivity contribution is 6.30. The van der Waals surface area contributed by atoms with E-state index in [0.717, 1.165) is 36.5 Å². The Bertz CT molecular complexity index is 528. The molecule has 0 amide bonds. The zero-order valence-corrected chi connectivity index (χ0v) is 12.6. The number of aromatic nitrogens is 2. The average Bonchev–Trinajstić information content (AvgIpc) is 2.96. The van der Waals surface area contributed by atoms with E-state index in [2.05, 4.69) is 22.2 Å². The Morgan fingerprint density at radius 2 is 2.30 bits per heavy atom. The van der Waals surface area contributed by atoms with Gasteiger partial charge in [0.2, 0.25) is 0 Å². The SMILES string of the molecule is CCCNC(Cc1ncc[nH]1)c1ccc(Cl)cc1OC. The molecule has 1 atom stereocenters. The van der Waals surface area contributed by atoms with E-state index in [1.54, 1.807) is 13.3 Å². The topological polar surface area (TPSA) is 49.9 Å². The second kappa shape index (κ2) is 7.31. The van der Waals surface area contributed by atoms with E-state index in [9.17, 15) is 0 Å². The molecule has 1 unspecified atom stereocenters. The Morgan fingerprint density at radius 1 is 1.45 bits per heavy atom. The first kappa shape index (κ1) is 14.9. The van der Waals surface area contributed by atoms with Crippen LogP contribution in [-0.2, 0) is 6.42 Å². The summed E-state index contributed by atoms with van der Waals surface area (Å²) < 4.78 is 5.45. The molecular formula is C15H20ClN3O. The number of aromatic amines is 1. The maximum atomic E-state index is 6.03. The molecule has 0 fully saturated rings. The largest absolute Gasteiger partial charge is 0.496 e. The van der Waals surface area contributed by atoms with Crippen molar-refractivity contribution in [3.05, 3.63) is 47.0 Å². The van der Waals surface area contributed by atoms with Gasteiger partial charge in [-0.1, -0.05) is 24.6 Å². The maximum Gasteiger partial charge on any atom is 0.125 e. The second-order valence-corrected chi connectivity index (χ2v) is 5.07. The summed E-state index contributed by atoms with van der Waals surface area (Å²) in [5, 5.41) is 4.21. The molecule has 2 N–H and O–H groups in total. The van der Waals surface area contributed by atoms with Gasteiger partial charge in [0.15, 0.2) is 0 Å². The number of methoxy groups -OCH3 is 1. The van der Waals surface area contributed by atoms with E-state index < -0.39 is 0 Å². The van der Waals surface area contributed by atoms with Gasteiger partial charge in [0.05, 0.1) is 7.11 Å². The lowest BCUT2D eigenvalue weighted by molar-refractivity contribution is 0.397. The number of H-pyrrole nitrogens is 1. The van der Waals surface area contributed by atoms with Gasteiger partial charge in [0, 0.05) is 35.4 Å². The lowest BCUT2D eigenvalue weighted by atomic mass is 10.0. The van der Waals surface area contributed by atoms with Gasteiger partial charge in [-0.3, -0.25) is 0 Å². The van der Waals surface area contributed by atoms with Gasteiger partial charge >= 0.3 is 0 Å². The highest BCUT2D eigenvalue weighted by Gasteiger charge is 2.17. The first-order valence-electron chi connectivity index (χ1n) is 6.79. The second-order valence-electron chi connectivity index (χ2n) is 4.63. The fourth-order valence-electron chi connectivity index (χ4n) is 2.19. The summed E-state index contributed by atoms with van der Waals surface area (Å²) in [6.07, 6.45) is 5.46. The van der Waals surface area contributed by atoms with Crippen LogP contribution in [0.4, 0.5) is 0 Å². The van der Waals surface area contributed by atoms with Crippen LogP contribution in [0.1, 0.15) is 30.8 Å². The highest BCUT2D eigenvalue weighted by atomic mass is 35.5. The van der Waals surface area contributed by atoms with Gasteiger partial charge < -0.3 is 15.0 Å². The van der Waals surface area contributed by atoms with Gasteiger partial charge in [-0.25, -0.2) is 4.98 Å². The van der Waals surface area contributed by atoms with E-state index in [-0.39, 0.29) is 6.04 Å². The van der Waals surface area contributed by atoms with E-state index in [1.807, 2.05) is 24.4 Å². The molecular weight excluding hydrogens is 274 g/mol. The lowest BCUT2D eigenvalue weighted by Gasteiger charge is -2.20. The van der Waals surface area contributed by atoms with Crippen LogP contribution in [0.5, 0.6) is 5.75 Å². The summed E-state index contributed by atoms with van der Waals surface area (Å²) in [6, 6.07) is 5.90. The molecule has 0 radical (unpaired) electrons. The first-order valence-corrected chi connectivity index (χ1v) is 7.17. The number of nitrogens with one attached hydrogen (secondary N) is 2. The molecule has 1 aromatic heterocycles. The summed E-state index contributed by atoms with van der Waals surface area (Å²) in [6.45, 7) is 3.09. The number of ether oxygens (including phenoxy) is 1. The average molecular weight is 294 g/mol. The molecule has 4 nitrogen and oxygen atoms in total. The van der Waals surface area contributed by atoms with Crippen LogP contribution in [0, 0.1) is 0 Å². The quantitative estimate of drug-likeness (QED) is 0.823. The van der Waals surface area contributed by atoms with E-state index >= 15 is 0 Å². The van der Waals surface area contributed by atoms with Crippen LogP contribution in [0.15, 0.2) is 30.6 Å². The molecule has 0 saturated carbocycles. The van der Waals surface area contributed by atoms with Crippen molar-refractivity contribution in [3.8, 4) is 5.75 Å². The Hall–Kier alpha value is -1.52. The number of nitrogens with zero attached hydrogens (tertiary/aromatic N) is 1. The standard InChI is InChI=1S/C15H20ClN3O/c1-3-6-17-13(10-15-18-7-8-19-15)12-5-4-11(16)9-14(12)20-2/h4-5,7-9,13,17H,3,6,10H2,1-2H3,(H,18,19). The molecule has 0 bridgehead atoms. The van der Waals surface area contributed by atoms with E-state index in [1.165, 1.54) is 0 Å². The molecule has 5 heteroatoms. The van der Waals surface area contributed by atoms with E-state index in [0.29, 0.717) is 5.02 Å². The summed E-state index contributed by atoms with van der Waals surface area (Å²) >= 11 is 6.03. The van der Waals surface area contributed by atoms with Crippen LogP contribution in [0.2, 0.25) is 5.02 Å². The number of imidazole rings is 1. The van der Waals surface area contributed by atoms with Crippen molar-refractivity contribution in [1.29, 1.82) is 0 Å². The number of hydrogen-bond acceptors (Lipinski definition) is 3. The van der Waals surface area contributed by atoms with E-state index in [4.69, 9.17) is 16.3 Å². The van der Waals surface area contributed by atoms with Crippen molar-refractivity contribution in [2.45, 2.75) is 25.8 Å². The summed E-state index contributed by atoms with van der Waals surface area (Å²) in [7, 11) is 1.67. The van der Waals surface area contributed by atoms with Crippen molar-refractivity contribution in [2.75, 3.05) is 13.7 Å². The minimum Gasteiger partial charge on any atom is -0.496 e. The van der Waals surface area contributed by atoms with Gasteiger partial charge in [0.1, 0.15) is 11.6 Å². The summed E-state index contributed by atoms with van der Waals surface area (Å²) in [5.41, 5.74) is 1.10. The molecule has 1 aromatic carbocycles. The predicted octanol–water partition coefficient (Wildman–Crippen LogP) is 3.36. The van der Waals surface area contributed by atoms with Crippen molar-refractivity contribution < 1.29 is 4.74 Å². The Morgan fingerprint density at radius 3 is 2.95 bits per heavy atom. The van der Waals surface area contributed by atoms with Crippen molar-refractivity contribution in [1.82, 2.24) is 15.3 Å². The minimum atomic E-state index is 0.147. The van der Waals surface area contributed by atoms with Gasteiger partial charge in [-0.05, 0) is 25.1 Å². The molecule has 0 aliphatic heterocycles. The fraction of sp³-hybridized carbons (Fsp3) is 0.400. The maximum absolute atomic E-state index is 6.03. The van der Waals surface area contributed by atoms with Crippen LogP contribution in [-0.4, -0.2) is 23.6 Å². The van der Waals surface area contributed by atoms with Crippen molar-refractivity contribution in [2.24, 2.45) is 0 Å². The number of benzene rings is 1. The zero-order valence-electron chi connectivity index (χ0n) is 11.8. The third-order valence-electron chi connectivity index (χ3n) is 3.16. The third-order valence-corrected chi connectivity index (χ3v) is 3.40. The molecule has 20 heavy (non-hydrogen) atoms. The monoisotopic (exact) mass is 293 g/mol. The smallest absolute Gasteiger partial charge is 0.125 e. The predicted molar refractivity (Wildman–Crippen MR) is 81.3 cm³/mol. The zero-order chi connectivity index (χ0) is 14.4. The summed E-state index contributed by atoms with van der Waals surface area (Å²) in [5.74, 6) is 1.76. The summed E-state index contributed by atoms with van der Waals surface area (Å²) in [4.78, 5) is 7.44. The van der Waals surface area contributed by atoms with Crippen LogP contribution in [0.25, 0.3) is 0 Å². The molecule has 0 aliphatic rings. The highest BCUT2D eigenvalue weighted by Crippen LogP contribution is 2.29. The number of halogens is 1. The molecule has 0 saturated heterocycles. The Balaban J connectivity index is 2.25. The Kier molecular flexibility index (Phi) is 5.44. The molecule has 0 aliphatic carbocycles. The van der Waals surface area contributed by atoms with Gasteiger partial charge in [-0.15, -0.1) is 0 Å². The van der Waals surface area contributed by atoms with Gasteiger partial charge in [0.25, 0.3) is 0 Å². The minimum absolute atomic E-state index is 0.147. The van der Waals surface area contributed by atoms with Crippen LogP contribution in [0.3, 0.4) is 0 Å². The molecule has 108 valence electrons. The Labute approximate surface area is 124 Å². The van der Waals surface area contributed by atoms with Crippen molar-refractivity contribution >= 4 is 11.6 Å². The third kappa shape index (κ3) is 3.74. The van der Waals surface area contributed by atoms with Crippen LogP contribution < -0.4 is 10.1 Å². The van der Waals surface area contributed by atoms with Gasteiger partial charge in [-0.2, -0.15) is 0 Å².